The van der Waals surface area contributed by atoms with Gasteiger partial charge in [-0.3, -0.25) is 0 Å². The molecule has 60 valence electrons. The monoisotopic (exact) mass is 152 g/mol. The molecule has 0 aliphatic rings. The summed E-state index contributed by atoms with van der Waals surface area (Å²) in [6.45, 7) is 4.70. The topological polar surface area (TPSA) is 40.5 Å². The molecule has 0 heterocycles. The van der Waals surface area contributed by atoms with E-state index in [9.17, 15) is 0 Å². The Hall–Kier alpha value is -0.960. The fourth-order valence-electron chi connectivity index (χ4n) is 0.325. The summed E-state index contributed by atoms with van der Waals surface area (Å²) in [5, 5.41) is 17.8. The Bertz CT molecular complexity index is 224. The van der Waals surface area contributed by atoms with Crippen LogP contribution in [0, 0.1) is 23.7 Å². The van der Waals surface area contributed by atoms with Crippen molar-refractivity contribution in [3.8, 4) is 23.7 Å². The van der Waals surface area contributed by atoms with Crippen LogP contribution in [0.15, 0.2) is 0 Å². The van der Waals surface area contributed by atoms with Gasteiger partial charge in [0.1, 0.15) is 11.7 Å². The van der Waals surface area contributed by atoms with Gasteiger partial charge >= 0.3 is 0 Å². The van der Waals surface area contributed by atoms with Crippen LogP contribution in [0.1, 0.15) is 20.8 Å². The molecule has 0 aromatic heterocycles. The second-order valence-corrected chi connectivity index (χ2v) is 2.75. The molecule has 0 aromatic carbocycles. The Morgan fingerprint density at radius 3 is 2.18 bits per heavy atom. The van der Waals surface area contributed by atoms with Crippen LogP contribution in [0.3, 0.4) is 0 Å². The van der Waals surface area contributed by atoms with Gasteiger partial charge in [0, 0.05) is 0 Å². The van der Waals surface area contributed by atoms with Gasteiger partial charge < -0.3 is 10.2 Å². The van der Waals surface area contributed by atoms with E-state index >= 15 is 0 Å². The van der Waals surface area contributed by atoms with E-state index in [0.29, 0.717) is 0 Å². The van der Waals surface area contributed by atoms with Crippen molar-refractivity contribution in [2.75, 3.05) is 0 Å². The van der Waals surface area contributed by atoms with Gasteiger partial charge in [0.25, 0.3) is 0 Å². The quantitative estimate of drug-likeness (QED) is 0.485. The fourth-order valence-corrected chi connectivity index (χ4v) is 0.325. The van der Waals surface area contributed by atoms with Crippen molar-refractivity contribution in [1.29, 1.82) is 0 Å². The van der Waals surface area contributed by atoms with Gasteiger partial charge in [0.15, 0.2) is 0 Å². The van der Waals surface area contributed by atoms with E-state index in [1.807, 2.05) is 0 Å². The van der Waals surface area contributed by atoms with Gasteiger partial charge in [0.2, 0.25) is 0 Å². The van der Waals surface area contributed by atoms with Crippen LogP contribution in [-0.2, 0) is 0 Å². The molecule has 0 saturated heterocycles. The van der Waals surface area contributed by atoms with Crippen LogP contribution in [0.25, 0.3) is 0 Å². The molecular formula is C9H12O2. The van der Waals surface area contributed by atoms with Gasteiger partial charge in [-0.1, -0.05) is 11.8 Å². The molecule has 0 fully saturated rings. The standard InChI is InChI=1S/C9H12O2/c1-8(10)6-4-5-7-9(2,3)11/h8,10-11H,1-3H3. The lowest BCUT2D eigenvalue weighted by atomic mass is 10.1. The molecule has 0 aliphatic heterocycles. The zero-order valence-electron chi connectivity index (χ0n) is 6.97. The Balaban J connectivity index is 4.05. The molecule has 0 aliphatic carbocycles. The maximum atomic E-state index is 9.08. The van der Waals surface area contributed by atoms with E-state index in [0.717, 1.165) is 0 Å². The first-order valence-electron chi connectivity index (χ1n) is 3.35. The van der Waals surface area contributed by atoms with Crippen molar-refractivity contribution >= 4 is 0 Å². The molecule has 1 unspecified atom stereocenters. The number of aliphatic hydroxyl groups is 2. The highest BCUT2D eigenvalue weighted by molar-refractivity contribution is 5.29. The largest absolute Gasteiger partial charge is 0.381 e. The smallest absolute Gasteiger partial charge is 0.120 e. The summed E-state index contributed by atoms with van der Waals surface area (Å²) in [5.41, 5.74) is -1.01. The molecular weight excluding hydrogens is 140 g/mol. The highest BCUT2D eigenvalue weighted by atomic mass is 16.3. The van der Waals surface area contributed by atoms with Gasteiger partial charge in [-0.15, -0.1) is 0 Å². The van der Waals surface area contributed by atoms with Crippen molar-refractivity contribution in [3.05, 3.63) is 0 Å². The van der Waals surface area contributed by atoms with Gasteiger partial charge in [0.05, 0.1) is 0 Å². The summed E-state index contributed by atoms with van der Waals surface area (Å²) in [4.78, 5) is 0. The van der Waals surface area contributed by atoms with E-state index in [1.54, 1.807) is 20.8 Å². The maximum Gasteiger partial charge on any atom is 0.120 e. The summed E-state index contributed by atoms with van der Waals surface area (Å²) in [7, 11) is 0. The molecule has 0 radical (unpaired) electrons. The van der Waals surface area contributed by atoms with E-state index in [-0.39, 0.29) is 0 Å². The predicted octanol–water partition coefficient (Wildman–Crippen LogP) is 0.145. The molecule has 11 heavy (non-hydrogen) atoms. The highest BCUT2D eigenvalue weighted by Crippen LogP contribution is 1.95. The van der Waals surface area contributed by atoms with Crippen molar-refractivity contribution in [1.82, 2.24) is 0 Å². The highest BCUT2D eigenvalue weighted by Gasteiger charge is 2.04. The fraction of sp³-hybridized carbons (Fsp3) is 0.556. The SMILES string of the molecule is CC(O)C#CC#CC(C)(C)O. The number of hydrogen-bond donors (Lipinski definition) is 2. The molecule has 0 saturated carbocycles. The van der Waals surface area contributed by atoms with E-state index < -0.39 is 11.7 Å². The average Bonchev–Trinajstić information content (AvgIpc) is 1.78. The van der Waals surface area contributed by atoms with Crippen LogP contribution in [0.5, 0.6) is 0 Å². The van der Waals surface area contributed by atoms with Crippen molar-refractivity contribution in [2.45, 2.75) is 32.5 Å². The normalized spacial score (nSPS) is 12.1. The summed E-state index contributed by atoms with van der Waals surface area (Å²) in [6, 6.07) is 0. The maximum absolute atomic E-state index is 9.08. The van der Waals surface area contributed by atoms with Gasteiger partial charge in [-0.2, -0.15) is 0 Å². The minimum atomic E-state index is -1.01. The second kappa shape index (κ2) is 4.03. The van der Waals surface area contributed by atoms with Crippen LogP contribution >= 0.6 is 0 Å². The summed E-state index contributed by atoms with van der Waals surface area (Å²) >= 11 is 0. The summed E-state index contributed by atoms with van der Waals surface area (Å²) < 4.78 is 0. The summed E-state index contributed by atoms with van der Waals surface area (Å²) in [6.07, 6.45) is -0.661. The number of hydrogen-bond acceptors (Lipinski definition) is 2. The molecule has 0 bridgehead atoms. The Morgan fingerprint density at radius 2 is 1.82 bits per heavy atom. The third kappa shape index (κ3) is 9.04. The first kappa shape index (κ1) is 10.0. The van der Waals surface area contributed by atoms with Gasteiger partial charge in [-0.25, -0.2) is 0 Å². The lowest BCUT2D eigenvalue weighted by molar-refractivity contribution is 0.143. The second-order valence-electron chi connectivity index (χ2n) is 2.75. The number of aliphatic hydroxyl groups excluding tert-OH is 1. The van der Waals surface area contributed by atoms with Crippen LogP contribution in [0.2, 0.25) is 0 Å². The minimum Gasteiger partial charge on any atom is -0.381 e. The zero-order valence-corrected chi connectivity index (χ0v) is 6.97. The average molecular weight is 152 g/mol. The number of rotatable bonds is 0. The van der Waals surface area contributed by atoms with Crippen molar-refractivity contribution < 1.29 is 10.2 Å². The minimum absolute atomic E-state index is 0.661. The Labute approximate surface area is 67.2 Å². The molecule has 1 atom stereocenters. The molecule has 0 spiro atoms. The lowest BCUT2D eigenvalue weighted by Gasteiger charge is -2.04. The molecule has 2 nitrogen and oxygen atoms in total. The van der Waals surface area contributed by atoms with Gasteiger partial charge in [-0.05, 0) is 32.6 Å². The molecule has 2 N–H and O–H groups in total. The first-order valence-corrected chi connectivity index (χ1v) is 3.35. The first-order chi connectivity index (χ1) is 4.92. The molecule has 0 amide bonds. The van der Waals surface area contributed by atoms with E-state index in [4.69, 9.17) is 10.2 Å². The van der Waals surface area contributed by atoms with Crippen LogP contribution < -0.4 is 0 Å². The van der Waals surface area contributed by atoms with E-state index in [1.165, 1.54) is 0 Å². The molecule has 0 rings (SSSR count). The Morgan fingerprint density at radius 1 is 1.27 bits per heavy atom. The predicted molar refractivity (Wildman–Crippen MR) is 43.5 cm³/mol. The molecule has 2 heteroatoms. The van der Waals surface area contributed by atoms with Crippen LogP contribution in [0.4, 0.5) is 0 Å². The van der Waals surface area contributed by atoms with Crippen LogP contribution in [-0.4, -0.2) is 21.9 Å². The third-order valence-electron chi connectivity index (χ3n) is 0.712. The Kier molecular flexibility index (Phi) is 3.68. The lowest BCUT2D eigenvalue weighted by Crippen LogP contribution is -2.14. The van der Waals surface area contributed by atoms with E-state index in [2.05, 4.69) is 23.7 Å². The zero-order chi connectivity index (χ0) is 8.91. The molecule has 0 aromatic rings. The van der Waals surface area contributed by atoms with Crippen molar-refractivity contribution in [2.24, 2.45) is 0 Å². The third-order valence-corrected chi connectivity index (χ3v) is 0.712. The summed E-state index contributed by atoms with van der Waals surface area (Å²) in [5.74, 6) is 9.79. The van der Waals surface area contributed by atoms with Crippen molar-refractivity contribution in [3.63, 3.8) is 0 Å².